The third-order valence-electron chi connectivity index (χ3n) is 3.53. The van der Waals surface area contributed by atoms with Gasteiger partial charge >= 0.3 is 5.97 Å². The smallest absolute Gasteiger partial charge is 0.321 e. The first-order chi connectivity index (χ1) is 8.70. The second-order valence-electron chi connectivity index (χ2n) is 4.52. The van der Waals surface area contributed by atoms with E-state index < -0.39 is 12.0 Å². The average molecular weight is 239 g/mol. The highest BCUT2D eigenvalue weighted by molar-refractivity contribution is 5.84. The molecule has 0 unspecified atom stereocenters. The maximum absolute atomic E-state index is 11.2. The van der Waals surface area contributed by atoms with Gasteiger partial charge in [-0.1, -0.05) is 48.5 Å². The Hall–Kier alpha value is -2.13. The number of carbonyl (C=O) groups is 1. The highest BCUT2D eigenvalue weighted by Gasteiger charge is 2.35. The fourth-order valence-electron chi connectivity index (χ4n) is 2.72. The Kier molecular flexibility index (Phi) is 2.42. The van der Waals surface area contributed by atoms with Gasteiger partial charge in [-0.2, -0.15) is 0 Å². The van der Waals surface area contributed by atoms with Crippen molar-refractivity contribution in [3.05, 3.63) is 59.7 Å². The van der Waals surface area contributed by atoms with Gasteiger partial charge in [-0.15, -0.1) is 0 Å². The van der Waals surface area contributed by atoms with Gasteiger partial charge in [0, 0.05) is 5.92 Å². The molecule has 0 saturated carbocycles. The molecule has 0 bridgehead atoms. The van der Waals surface area contributed by atoms with E-state index in [-0.39, 0.29) is 5.92 Å². The Morgan fingerprint density at radius 3 is 1.89 bits per heavy atom. The van der Waals surface area contributed by atoms with Gasteiger partial charge in [-0.05, 0) is 22.3 Å². The zero-order chi connectivity index (χ0) is 12.7. The van der Waals surface area contributed by atoms with E-state index in [0.717, 1.165) is 22.3 Å². The van der Waals surface area contributed by atoms with Crippen molar-refractivity contribution in [1.82, 2.24) is 0 Å². The first kappa shape index (κ1) is 11.0. The predicted molar refractivity (Wildman–Crippen MR) is 69.3 cm³/mol. The number of carboxylic acid groups (broad SMARTS) is 1. The third kappa shape index (κ3) is 1.45. The van der Waals surface area contributed by atoms with Crippen LogP contribution < -0.4 is 5.73 Å². The summed E-state index contributed by atoms with van der Waals surface area (Å²) in [5, 5.41) is 9.17. The van der Waals surface area contributed by atoms with Gasteiger partial charge in [0.15, 0.2) is 0 Å². The van der Waals surface area contributed by atoms with Crippen LogP contribution in [0, 0.1) is 0 Å². The zero-order valence-electron chi connectivity index (χ0n) is 9.71. The predicted octanol–water partition coefficient (Wildman–Crippen LogP) is 2.21. The molecular formula is C15H13NO2. The zero-order valence-corrected chi connectivity index (χ0v) is 9.71. The van der Waals surface area contributed by atoms with Crippen molar-refractivity contribution in [3.63, 3.8) is 0 Å². The number of carboxylic acids is 1. The van der Waals surface area contributed by atoms with E-state index in [1.165, 1.54) is 0 Å². The Morgan fingerprint density at radius 2 is 1.44 bits per heavy atom. The molecule has 1 aliphatic rings. The van der Waals surface area contributed by atoms with Gasteiger partial charge in [0.05, 0.1) is 0 Å². The van der Waals surface area contributed by atoms with Crippen LogP contribution in [0.1, 0.15) is 17.0 Å². The summed E-state index contributed by atoms with van der Waals surface area (Å²) in [4.78, 5) is 11.2. The lowest BCUT2D eigenvalue weighted by atomic mass is 9.90. The van der Waals surface area contributed by atoms with Crippen LogP contribution in [0.15, 0.2) is 48.5 Å². The normalized spacial score (nSPS) is 14.9. The number of fused-ring (bicyclic) bond motifs is 3. The van der Waals surface area contributed by atoms with Crippen molar-refractivity contribution in [2.45, 2.75) is 12.0 Å². The fraction of sp³-hybridized carbons (Fsp3) is 0.133. The SMILES string of the molecule is N[C@H](C(=O)O)C1c2ccccc2-c2ccccc21. The molecule has 0 aliphatic heterocycles. The van der Waals surface area contributed by atoms with Gasteiger partial charge in [0.2, 0.25) is 0 Å². The summed E-state index contributed by atoms with van der Waals surface area (Å²) in [5.41, 5.74) is 10.1. The molecular weight excluding hydrogens is 226 g/mol. The van der Waals surface area contributed by atoms with Crippen LogP contribution in [-0.4, -0.2) is 17.1 Å². The maximum atomic E-state index is 11.2. The van der Waals surface area contributed by atoms with E-state index >= 15 is 0 Å². The topological polar surface area (TPSA) is 63.3 Å². The van der Waals surface area contributed by atoms with Crippen molar-refractivity contribution in [1.29, 1.82) is 0 Å². The van der Waals surface area contributed by atoms with E-state index in [0.29, 0.717) is 0 Å². The minimum Gasteiger partial charge on any atom is -0.480 e. The van der Waals surface area contributed by atoms with Crippen LogP contribution in [0.4, 0.5) is 0 Å². The molecule has 3 nitrogen and oxygen atoms in total. The summed E-state index contributed by atoms with van der Waals surface area (Å²) in [6.45, 7) is 0. The largest absolute Gasteiger partial charge is 0.480 e. The number of hydrogen-bond acceptors (Lipinski definition) is 2. The summed E-state index contributed by atoms with van der Waals surface area (Å²) >= 11 is 0. The Bertz CT molecular complexity index is 576. The summed E-state index contributed by atoms with van der Waals surface area (Å²) in [7, 11) is 0. The van der Waals surface area contributed by atoms with E-state index in [2.05, 4.69) is 0 Å². The molecule has 0 aromatic heterocycles. The van der Waals surface area contributed by atoms with Gasteiger partial charge in [-0.25, -0.2) is 0 Å². The minimum atomic E-state index is -0.966. The number of hydrogen-bond donors (Lipinski definition) is 2. The molecule has 0 spiro atoms. The number of benzene rings is 2. The summed E-state index contributed by atoms with van der Waals surface area (Å²) in [6.07, 6.45) is 0. The first-order valence-electron chi connectivity index (χ1n) is 5.87. The van der Waals surface area contributed by atoms with E-state index in [4.69, 9.17) is 10.8 Å². The van der Waals surface area contributed by atoms with E-state index in [1.54, 1.807) is 0 Å². The van der Waals surface area contributed by atoms with Gasteiger partial charge in [0.25, 0.3) is 0 Å². The second-order valence-corrected chi connectivity index (χ2v) is 4.52. The van der Waals surface area contributed by atoms with Crippen LogP contribution in [0.2, 0.25) is 0 Å². The number of nitrogens with two attached hydrogens (primary N) is 1. The molecule has 3 N–H and O–H groups in total. The quantitative estimate of drug-likeness (QED) is 0.844. The van der Waals surface area contributed by atoms with Gasteiger partial charge in [0.1, 0.15) is 6.04 Å². The Balaban J connectivity index is 2.24. The molecule has 0 radical (unpaired) electrons. The van der Waals surface area contributed by atoms with Gasteiger partial charge in [-0.3, -0.25) is 4.79 Å². The molecule has 1 atom stereocenters. The molecule has 0 heterocycles. The summed E-state index contributed by atoms with van der Waals surface area (Å²) < 4.78 is 0. The average Bonchev–Trinajstić information content (AvgIpc) is 2.72. The van der Waals surface area contributed by atoms with Crippen LogP contribution in [0.3, 0.4) is 0 Å². The molecule has 0 saturated heterocycles. The van der Waals surface area contributed by atoms with Crippen molar-refractivity contribution < 1.29 is 9.90 Å². The minimum absolute atomic E-state index is 0.255. The summed E-state index contributed by atoms with van der Waals surface area (Å²) in [5.74, 6) is -1.22. The van der Waals surface area contributed by atoms with Gasteiger partial charge < -0.3 is 10.8 Å². The Morgan fingerprint density at radius 1 is 1.00 bits per heavy atom. The standard InChI is InChI=1S/C15H13NO2/c16-14(15(17)18)13-11-7-3-1-5-9(11)10-6-2-4-8-12(10)13/h1-8,13-14H,16H2,(H,17,18)/t14-/m0/s1. The second kappa shape index (κ2) is 3.96. The van der Waals surface area contributed by atoms with Crippen molar-refractivity contribution in [2.24, 2.45) is 5.73 Å². The molecule has 90 valence electrons. The summed E-state index contributed by atoms with van der Waals surface area (Å²) in [6, 6.07) is 14.8. The lowest BCUT2D eigenvalue weighted by molar-refractivity contribution is -0.138. The first-order valence-corrected chi connectivity index (χ1v) is 5.87. The molecule has 1 aliphatic carbocycles. The Labute approximate surface area is 105 Å². The van der Waals surface area contributed by atoms with E-state index in [9.17, 15) is 4.79 Å². The fourth-order valence-corrected chi connectivity index (χ4v) is 2.72. The molecule has 0 amide bonds. The maximum Gasteiger partial charge on any atom is 0.321 e. The lowest BCUT2D eigenvalue weighted by Gasteiger charge is -2.17. The van der Waals surface area contributed by atoms with E-state index in [1.807, 2.05) is 48.5 Å². The molecule has 18 heavy (non-hydrogen) atoms. The lowest BCUT2D eigenvalue weighted by Crippen LogP contribution is -2.36. The van der Waals surface area contributed by atoms with Crippen LogP contribution in [0.25, 0.3) is 11.1 Å². The van der Waals surface area contributed by atoms with Crippen molar-refractivity contribution >= 4 is 5.97 Å². The monoisotopic (exact) mass is 239 g/mol. The van der Waals surface area contributed by atoms with Crippen molar-refractivity contribution in [2.75, 3.05) is 0 Å². The number of aliphatic carboxylic acids is 1. The highest BCUT2D eigenvalue weighted by atomic mass is 16.4. The number of rotatable bonds is 2. The molecule has 0 fully saturated rings. The third-order valence-corrected chi connectivity index (χ3v) is 3.53. The van der Waals surface area contributed by atoms with Crippen molar-refractivity contribution in [3.8, 4) is 11.1 Å². The molecule has 2 aromatic rings. The van der Waals surface area contributed by atoms with Crippen LogP contribution in [-0.2, 0) is 4.79 Å². The molecule has 3 heteroatoms. The molecule has 3 rings (SSSR count). The van der Waals surface area contributed by atoms with Crippen LogP contribution in [0.5, 0.6) is 0 Å². The van der Waals surface area contributed by atoms with Crippen LogP contribution >= 0.6 is 0 Å². The molecule has 2 aromatic carbocycles. The highest BCUT2D eigenvalue weighted by Crippen LogP contribution is 2.45.